The van der Waals surface area contributed by atoms with Gasteiger partial charge in [0, 0.05) is 12.6 Å². The van der Waals surface area contributed by atoms with E-state index in [1.54, 1.807) is 0 Å². The quantitative estimate of drug-likeness (QED) is 0.848. The summed E-state index contributed by atoms with van der Waals surface area (Å²) in [6, 6.07) is 0.483. The second kappa shape index (κ2) is 6.25. The summed E-state index contributed by atoms with van der Waals surface area (Å²) in [5, 5.41) is 3.41. The van der Waals surface area contributed by atoms with Gasteiger partial charge in [-0.2, -0.15) is 0 Å². The molecule has 2 saturated heterocycles. The summed E-state index contributed by atoms with van der Waals surface area (Å²) >= 11 is 0. The Morgan fingerprint density at radius 1 is 1.37 bits per heavy atom. The Bertz CT molecular complexity index is 302. The maximum atomic E-state index is 13.1. The van der Waals surface area contributed by atoms with Gasteiger partial charge in [0.05, 0.1) is 5.41 Å². The first-order chi connectivity index (χ1) is 9.10. The van der Waals surface area contributed by atoms with Gasteiger partial charge in [-0.25, -0.2) is 0 Å². The molecule has 110 valence electrons. The number of carbonyl (C=O) groups is 1. The predicted molar refractivity (Wildman–Crippen MR) is 79.0 cm³/mol. The molecule has 0 radical (unpaired) electrons. The first-order valence-electron chi connectivity index (χ1n) is 8.12. The van der Waals surface area contributed by atoms with Gasteiger partial charge < -0.3 is 10.2 Å². The zero-order valence-electron chi connectivity index (χ0n) is 12.9. The molecule has 3 nitrogen and oxygen atoms in total. The highest BCUT2D eigenvalue weighted by atomic mass is 16.2. The van der Waals surface area contributed by atoms with Crippen molar-refractivity contribution in [1.82, 2.24) is 10.2 Å². The van der Waals surface area contributed by atoms with E-state index < -0.39 is 0 Å². The summed E-state index contributed by atoms with van der Waals surface area (Å²) < 4.78 is 0. The molecule has 1 unspecified atom stereocenters. The van der Waals surface area contributed by atoms with E-state index >= 15 is 0 Å². The Morgan fingerprint density at radius 2 is 2.05 bits per heavy atom. The summed E-state index contributed by atoms with van der Waals surface area (Å²) in [5.74, 6) is 1.05. The molecule has 0 aliphatic carbocycles. The summed E-state index contributed by atoms with van der Waals surface area (Å²) in [6.45, 7) is 9.72. The molecule has 0 saturated carbocycles. The van der Waals surface area contributed by atoms with Gasteiger partial charge in [-0.1, -0.05) is 27.2 Å². The molecule has 0 aromatic carbocycles. The number of hydrogen-bond acceptors (Lipinski definition) is 2. The van der Waals surface area contributed by atoms with E-state index in [2.05, 4.69) is 31.0 Å². The van der Waals surface area contributed by atoms with Crippen LogP contribution in [0.25, 0.3) is 0 Å². The molecule has 2 aliphatic rings. The van der Waals surface area contributed by atoms with E-state index in [9.17, 15) is 4.79 Å². The van der Waals surface area contributed by atoms with Crippen molar-refractivity contribution in [3.05, 3.63) is 0 Å². The Balaban J connectivity index is 2.14. The van der Waals surface area contributed by atoms with Gasteiger partial charge in [0.1, 0.15) is 0 Å². The smallest absolute Gasteiger partial charge is 0.229 e. The minimum Gasteiger partial charge on any atom is -0.339 e. The Hall–Kier alpha value is -0.570. The number of likely N-dealkylation sites (tertiary alicyclic amines) is 1. The molecule has 2 aliphatic heterocycles. The van der Waals surface area contributed by atoms with Gasteiger partial charge in [-0.3, -0.25) is 4.79 Å². The molecule has 2 rings (SSSR count). The molecule has 1 atom stereocenters. The number of carbonyl (C=O) groups excluding carboxylic acids is 1. The van der Waals surface area contributed by atoms with Crippen LogP contribution in [0.4, 0.5) is 0 Å². The highest BCUT2D eigenvalue weighted by Gasteiger charge is 2.44. The second-order valence-electron chi connectivity index (χ2n) is 6.73. The molecule has 1 N–H and O–H groups in total. The fourth-order valence-electron chi connectivity index (χ4n) is 4.00. The van der Waals surface area contributed by atoms with Crippen LogP contribution in [0.2, 0.25) is 0 Å². The Labute approximate surface area is 118 Å². The maximum Gasteiger partial charge on any atom is 0.229 e. The third kappa shape index (κ3) is 2.96. The van der Waals surface area contributed by atoms with E-state index in [0.29, 0.717) is 17.9 Å². The number of amides is 1. The number of nitrogens with one attached hydrogen (secondary N) is 1. The number of nitrogens with zero attached hydrogens (tertiary/aromatic N) is 1. The van der Waals surface area contributed by atoms with Gasteiger partial charge in [-0.15, -0.1) is 0 Å². The minimum absolute atomic E-state index is 0.0581. The Morgan fingerprint density at radius 3 is 2.63 bits per heavy atom. The lowest BCUT2D eigenvalue weighted by Gasteiger charge is -2.41. The van der Waals surface area contributed by atoms with Crippen molar-refractivity contribution >= 4 is 5.91 Å². The van der Waals surface area contributed by atoms with Crippen molar-refractivity contribution in [2.75, 3.05) is 19.6 Å². The van der Waals surface area contributed by atoms with Gasteiger partial charge in [0.2, 0.25) is 5.91 Å². The predicted octanol–water partition coefficient (Wildman–Crippen LogP) is 2.80. The van der Waals surface area contributed by atoms with Crippen LogP contribution in [0.3, 0.4) is 0 Å². The van der Waals surface area contributed by atoms with Crippen molar-refractivity contribution in [1.29, 1.82) is 0 Å². The molecule has 0 aromatic rings. The lowest BCUT2D eigenvalue weighted by Crippen LogP contribution is -2.51. The fourth-order valence-corrected chi connectivity index (χ4v) is 4.00. The van der Waals surface area contributed by atoms with Crippen LogP contribution in [0, 0.1) is 11.3 Å². The topological polar surface area (TPSA) is 32.3 Å². The van der Waals surface area contributed by atoms with Crippen LogP contribution in [0.5, 0.6) is 0 Å². The third-order valence-corrected chi connectivity index (χ3v) is 5.07. The molecule has 0 spiro atoms. The van der Waals surface area contributed by atoms with Crippen LogP contribution in [-0.2, 0) is 4.79 Å². The summed E-state index contributed by atoms with van der Waals surface area (Å²) in [5.41, 5.74) is -0.0581. The largest absolute Gasteiger partial charge is 0.339 e. The second-order valence-corrected chi connectivity index (χ2v) is 6.73. The number of piperidine rings is 1. The van der Waals surface area contributed by atoms with Crippen LogP contribution in [0.1, 0.15) is 59.3 Å². The lowest BCUT2D eigenvalue weighted by atomic mass is 9.74. The van der Waals surface area contributed by atoms with E-state index in [4.69, 9.17) is 0 Å². The SMILES string of the molecule is CCCC1(C(=O)N2CCCC2C(C)C)CCNCC1. The molecule has 2 fully saturated rings. The van der Waals surface area contributed by atoms with E-state index in [0.717, 1.165) is 45.3 Å². The van der Waals surface area contributed by atoms with Crippen molar-refractivity contribution in [2.45, 2.75) is 65.3 Å². The number of rotatable bonds is 4. The van der Waals surface area contributed by atoms with Gasteiger partial charge >= 0.3 is 0 Å². The summed E-state index contributed by atoms with van der Waals surface area (Å²) in [4.78, 5) is 15.4. The Kier molecular flexibility index (Phi) is 4.88. The molecular weight excluding hydrogens is 236 g/mol. The minimum atomic E-state index is -0.0581. The average Bonchev–Trinajstić information content (AvgIpc) is 2.88. The molecule has 1 amide bonds. The summed E-state index contributed by atoms with van der Waals surface area (Å²) in [6.07, 6.45) is 6.63. The zero-order chi connectivity index (χ0) is 13.9. The van der Waals surface area contributed by atoms with Crippen molar-refractivity contribution in [3.8, 4) is 0 Å². The van der Waals surface area contributed by atoms with E-state index in [-0.39, 0.29) is 5.41 Å². The van der Waals surface area contributed by atoms with Crippen LogP contribution in [0.15, 0.2) is 0 Å². The van der Waals surface area contributed by atoms with Crippen molar-refractivity contribution in [3.63, 3.8) is 0 Å². The highest BCUT2D eigenvalue weighted by molar-refractivity contribution is 5.83. The van der Waals surface area contributed by atoms with Crippen LogP contribution in [-0.4, -0.2) is 36.5 Å². The van der Waals surface area contributed by atoms with Crippen molar-refractivity contribution < 1.29 is 4.79 Å². The van der Waals surface area contributed by atoms with Gasteiger partial charge in [0.25, 0.3) is 0 Å². The van der Waals surface area contributed by atoms with Gasteiger partial charge in [-0.05, 0) is 51.1 Å². The van der Waals surface area contributed by atoms with E-state index in [1.807, 2.05) is 0 Å². The van der Waals surface area contributed by atoms with E-state index in [1.165, 1.54) is 12.8 Å². The molecule has 0 aromatic heterocycles. The third-order valence-electron chi connectivity index (χ3n) is 5.07. The first kappa shape index (κ1) is 14.8. The van der Waals surface area contributed by atoms with Crippen molar-refractivity contribution in [2.24, 2.45) is 11.3 Å². The van der Waals surface area contributed by atoms with Crippen LogP contribution < -0.4 is 5.32 Å². The number of hydrogen-bond donors (Lipinski definition) is 1. The normalized spacial score (nSPS) is 26.9. The van der Waals surface area contributed by atoms with Crippen LogP contribution >= 0.6 is 0 Å². The summed E-state index contributed by atoms with van der Waals surface area (Å²) in [7, 11) is 0. The highest BCUT2D eigenvalue weighted by Crippen LogP contribution is 2.39. The molecule has 19 heavy (non-hydrogen) atoms. The molecule has 0 bridgehead atoms. The van der Waals surface area contributed by atoms with Gasteiger partial charge in [0.15, 0.2) is 0 Å². The maximum absolute atomic E-state index is 13.1. The standard InChI is InChI=1S/C16H30N2O/c1-4-7-16(8-10-17-11-9-16)15(19)18-12-5-6-14(18)13(2)3/h13-14,17H,4-12H2,1-3H3. The monoisotopic (exact) mass is 266 g/mol. The molecule has 3 heteroatoms. The zero-order valence-corrected chi connectivity index (χ0v) is 12.9. The average molecular weight is 266 g/mol. The first-order valence-corrected chi connectivity index (χ1v) is 8.12. The molecule has 2 heterocycles. The molecular formula is C16H30N2O. The fraction of sp³-hybridized carbons (Fsp3) is 0.938. The lowest BCUT2D eigenvalue weighted by molar-refractivity contribution is -0.146.